The molecular formula is C26H41N6O2+. The van der Waals surface area contributed by atoms with E-state index in [9.17, 15) is 9.59 Å². The lowest BCUT2D eigenvalue weighted by molar-refractivity contribution is -0.936. The summed E-state index contributed by atoms with van der Waals surface area (Å²) in [6.07, 6.45) is 1.93. The van der Waals surface area contributed by atoms with Gasteiger partial charge in [0, 0.05) is 25.2 Å². The average molecular weight is 470 g/mol. The number of hydrogen-bond donors (Lipinski definition) is 0. The van der Waals surface area contributed by atoms with Crippen molar-refractivity contribution < 1.29 is 4.48 Å². The first-order valence-corrected chi connectivity index (χ1v) is 12.6. The van der Waals surface area contributed by atoms with Crippen molar-refractivity contribution in [3.05, 3.63) is 44.1 Å². The molecule has 0 fully saturated rings. The molecule has 0 amide bonds. The van der Waals surface area contributed by atoms with E-state index in [-0.39, 0.29) is 11.3 Å². The maximum atomic E-state index is 13.3. The number of rotatable bonds is 11. The van der Waals surface area contributed by atoms with Crippen LogP contribution in [0.4, 0.5) is 0 Å². The van der Waals surface area contributed by atoms with Crippen LogP contribution in [0.3, 0.4) is 0 Å². The van der Waals surface area contributed by atoms with E-state index in [0.717, 1.165) is 54.5 Å². The Morgan fingerprint density at radius 3 is 2.21 bits per heavy atom. The van der Waals surface area contributed by atoms with E-state index >= 15 is 0 Å². The Morgan fingerprint density at radius 2 is 1.62 bits per heavy atom. The summed E-state index contributed by atoms with van der Waals surface area (Å²) in [6.45, 7) is 16.8. The Labute approximate surface area is 202 Å². The molecule has 186 valence electrons. The summed E-state index contributed by atoms with van der Waals surface area (Å²) in [6, 6.07) is 4.31. The summed E-state index contributed by atoms with van der Waals surface area (Å²) in [4.78, 5) is 37.2. The molecule has 0 saturated heterocycles. The first-order valence-electron chi connectivity index (χ1n) is 12.6. The molecule has 0 N–H and O–H groups in total. The molecule has 1 aromatic carbocycles. The lowest BCUT2D eigenvalue weighted by Gasteiger charge is -2.36. The largest absolute Gasteiger partial charge is 0.352 e. The van der Waals surface area contributed by atoms with Crippen LogP contribution in [0, 0.1) is 6.92 Å². The van der Waals surface area contributed by atoms with Crippen LogP contribution in [-0.2, 0) is 19.6 Å². The number of hydrogen-bond acceptors (Lipinski definition) is 5. The first-order chi connectivity index (χ1) is 16.2. The second-order valence-corrected chi connectivity index (χ2v) is 9.66. The van der Waals surface area contributed by atoms with Gasteiger partial charge in [-0.25, -0.2) is 9.78 Å². The molecule has 0 saturated carbocycles. The van der Waals surface area contributed by atoms with Gasteiger partial charge in [-0.3, -0.25) is 9.36 Å². The topological polar surface area (TPSA) is 73.0 Å². The maximum absolute atomic E-state index is 13.3. The summed E-state index contributed by atoms with van der Waals surface area (Å²) in [7, 11) is 3.83. The highest BCUT2D eigenvalue weighted by Gasteiger charge is 2.25. The molecule has 2 aliphatic rings. The number of benzene rings is 1. The molecule has 0 atom stereocenters. The van der Waals surface area contributed by atoms with Crippen molar-refractivity contribution in [3.8, 4) is 11.5 Å². The molecule has 0 aliphatic carbocycles. The highest BCUT2D eigenvalue weighted by atomic mass is 16.2. The fraction of sp³-hybridized carbons (Fsp3) is 0.615. The Morgan fingerprint density at radius 1 is 0.941 bits per heavy atom. The lowest BCUT2D eigenvalue weighted by Crippen LogP contribution is -2.46. The third-order valence-corrected chi connectivity index (χ3v) is 7.33. The van der Waals surface area contributed by atoms with Crippen molar-refractivity contribution in [1.82, 2.24) is 24.0 Å². The fourth-order valence-corrected chi connectivity index (χ4v) is 4.64. The van der Waals surface area contributed by atoms with E-state index in [1.165, 1.54) is 15.7 Å². The minimum absolute atomic E-state index is 0.273. The van der Waals surface area contributed by atoms with E-state index in [1.807, 2.05) is 23.6 Å². The highest BCUT2D eigenvalue weighted by molar-refractivity contribution is 5.81. The number of likely N-dealkylation sites (N-methyl/N-ethyl adjacent to an activating group) is 1. The van der Waals surface area contributed by atoms with Gasteiger partial charge in [0.1, 0.15) is 6.54 Å². The van der Waals surface area contributed by atoms with Crippen LogP contribution >= 0.6 is 0 Å². The summed E-state index contributed by atoms with van der Waals surface area (Å²) in [5.41, 5.74) is 3.60. The second kappa shape index (κ2) is 10.8. The Hall–Kier alpha value is -2.58. The summed E-state index contributed by atoms with van der Waals surface area (Å²) in [5.74, 6) is 0.397. The van der Waals surface area contributed by atoms with E-state index in [0.29, 0.717) is 25.5 Å². The van der Waals surface area contributed by atoms with Crippen LogP contribution < -0.4 is 11.2 Å². The molecule has 0 aromatic heterocycles. The average Bonchev–Trinajstić information content (AvgIpc) is 2.81. The number of quaternary nitrogens is 1. The smallest absolute Gasteiger partial charge is 0.322 e. The van der Waals surface area contributed by atoms with Gasteiger partial charge in [-0.2, -0.15) is 4.98 Å². The summed E-state index contributed by atoms with van der Waals surface area (Å²) >= 11 is 0. The SMILES string of the molecule is CCCCn1c2nc(=O)n(CCN(C)C)c(=O)c-2nc2cc(C)c(C[N+](CC)(CC)CC)cc21. The zero-order valence-corrected chi connectivity index (χ0v) is 22.0. The van der Waals surface area contributed by atoms with Gasteiger partial charge in [0.25, 0.3) is 5.56 Å². The molecule has 2 heterocycles. The lowest BCUT2D eigenvalue weighted by atomic mass is 10.0. The molecule has 0 unspecified atom stereocenters. The number of fused-ring (bicyclic) bond motifs is 2. The molecule has 1 aromatic rings. The zero-order chi connectivity index (χ0) is 25.0. The third-order valence-electron chi connectivity index (χ3n) is 7.33. The fourth-order valence-electron chi connectivity index (χ4n) is 4.64. The van der Waals surface area contributed by atoms with Crippen LogP contribution in [0.5, 0.6) is 0 Å². The van der Waals surface area contributed by atoms with Gasteiger partial charge in [0.2, 0.25) is 0 Å². The van der Waals surface area contributed by atoms with E-state index in [2.05, 4.69) is 51.7 Å². The minimum Gasteiger partial charge on any atom is -0.322 e. The molecule has 2 aliphatic heterocycles. The summed E-state index contributed by atoms with van der Waals surface area (Å²) in [5, 5.41) is 0. The second-order valence-electron chi connectivity index (χ2n) is 9.66. The van der Waals surface area contributed by atoms with Gasteiger partial charge in [-0.05, 0) is 65.9 Å². The van der Waals surface area contributed by atoms with Gasteiger partial charge in [-0.15, -0.1) is 0 Å². The van der Waals surface area contributed by atoms with Crippen LogP contribution in [0.1, 0.15) is 51.7 Å². The Bertz CT molecular complexity index is 1210. The normalized spacial score (nSPS) is 12.4. The Balaban J connectivity index is 2.28. The third kappa shape index (κ3) is 5.08. The minimum atomic E-state index is -0.503. The van der Waals surface area contributed by atoms with Crippen LogP contribution in [0.2, 0.25) is 0 Å². The monoisotopic (exact) mass is 469 g/mol. The highest BCUT2D eigenvalue weighted by Crippen LogP contribution is 2.27. The van der Waals surface area contributed by atoms with Crippen molar-refractivity contribution in [2.45, 2.75) is 67.1 Å². The predicted octanol–water partition coefficient (Wildman–Crippen LogP) is 3.10. The summed E-state index contributed by atoms with van der Waals surface area (Å²) < 4.78 is 4.27. The molecular weight excluding hydrogens is 428 g/mol. The van der Waals surface area contributed by atoms with Crippen molar-refractivity contribution in [1.29, 1.82) is 0 Å². The standard InChI is InChI=1S/C26H41N6O2/c1-8-12-13-30-22-17-20(18-32(9-2,10-3)11-4)19(5)16-21(22)27-23-24(30)28-26(34)31(25(23)33)15-14-29(6)7/h16-17H,8-15,18H2,1-7H3/q+1. The van der Waals surface area contributed by atoms with Crippen LogP contribution in [-0.4, -0.2) is 68.8 Å². The molecule has 0 bridgehead atoms. The first kappa shape index (κ1) is 26.0. The van der Waals surface area contributed by atoms with Crippen molar-refractivity contribution in [2.24, 2.45) is 0 Å². The quantitative estimate of drug-likeness (QED) is 0.319. The predicted molar refractivity (Wildman–Crippen MR) is 138 cm³/mol. The number of aromatic nitrogens is 4. The van der Waals surface area contributed by atoms with Crippen LogP contribution in [0.15, 0.2) is 21.7 Å². The molecule has 3 rings (SSSR count). The molecule has 34 heavy (non-hydrogen) atoms. The molecule has 8 nitrogen and oxygen atoms in total. The number of aryl methyl sites for hydroxylation is 2. The van der Waals surface area contributed by atoms with Crippen molar-refractivity contribution in [2.75, 3.05) is 40.3 Å². The zero-order valence-electron chi connectivity index (χ0n) is 22.0. The van der Waals surface area contributed by atoms with Gasteiger partial charge in [0.15, 0.2) is 11.5 Å². The molecule has 0 spiro atoms. The Kier molecular flexibility index (Phi) is 8.25. The van der Waals surface area contributed by atoms with Crippen molar-refractivity contribution >= 4 is 11.0 Å². The number of unbranched alkanes of at least 4 members (excludes halogenated alkanes) is 1. The molecule has 8 heteroatoms. The number of nitrogens with zero attached hydrogens (tertiary/aromatic N) is 6. The van der Waals surface area contributed by atoms with E-state index in [4.69, 9.17) is 4.98 Å². The van der Waals surface area contributed by atoms with Crippen LogP contribution in [0.25, 0.3) is 22.6 Å². The molecule has 0 radical (unpaired) electrons. The van der Waals surface area contributed by atoms with E-state index in [1.54, 1.807) is 0 Å². The van der Waals surface area contributed by atoms with Gasteiger partial charge >= 0.3 is 5.69 Å². The van der Waals surface area contributed by atoms with Gasteiger partial charge in [-0.1, -0.05) is 13.3 Å². The van der Waals surface area contributed by atoms with Gasteiger partial charge in [0.05, 0.1) is 30.7 Å². The van der Waals surface area contributed by atoms with E-state index < -0.39 is 5.69 Å². The van der Waals surface area contributed by atoms with Gasteiger partial charge < -0.3 is 14.0 Å². The maximum Gasteiger partial charge on any atom is 0.352 e. The van der Waals surface area contributed by atoms with Crippen molar-refractivity contribution in [3.63, 3.8) is 0 Å².